The van der Waals surface area contributed by atoms with Gasteiger partial charge >= 0.3 is 0 Å². The van der Waals surface area contributed by atoms with E-state index < -0.39 is 0 Å². The van der Waals surface area contributed by atoms with Gasteiger partial charge in [-0.25, -0.2) is 9.97 Å². The summed E-state index contributed by atoms with van der Waals surface area (Å²) in [5.41, 5.74) is 1.12. The van der Waals surface area contributed by atoms with E-state index in [9.17, 15) is 0 Å². The molecule has 1 saturated heterocycles. The Balaban J connectivity index is 0.00000280. The molecule has 1 aliphatic heterocycles. The molecule has 2 aromatic rings. The van der Waals surface area contributed by atoms with Crippen molar-refractivity contribution in [1.29, 1.82) is 0 Å². The van der Waals surface area contributed by atoms with Crippen LogP contribution in [0.4, 0.5) is 0 Å². The van der Waals surface area contributed by atoms with Crippen LogP contribution in [-0.4, -0.2) is 58.1 Å². The van der Waals surface area contributed by atoms with Crippen molar-refractivity contribution in [2.24, 2.45) is 4.99 Å². The molecule has 28 heavy (non-hydrogen) atoms. The fourth-order valence-corrected chi connectivity index (χ4v) is 3.47. The lowest BCUT2D eigenvalue weighted by molar-refractivity contribution is 0.206. The van der Waals surface area contributed by atoms with Crippen LogP contribution in [0.5, 0.6) is 0 Å². The summed E-state index contributed by atoms with van der Waals surface area (Å²) in [5.74, 6) is 2.68. The monoisotopic (exact) mass is 497 g/mol. The first kappa shape index (κ1) is 22.6. The summed E-state index contributed by atoms with van der Waals surface area (Å²) in [6, 6.07) is 4.60. The van der Waals surface area contributed by atoms with Gasteiger partial charge in [0.15, 0.2) is 5.96 Å². The number of guanidine groups is 1. The summed E-state index contributed by atoms with van der Waals surface area (Å²) < 4.78 is 1.97. The van der Waals surface area contributed by atoms with E-state index in [-0.39, 0.29) is 24.0 Å². The highest BCUT2D eigenvalue weighted by Gasteiger charge is 2.19. The number of aryl methyl sites for hydroxylation is 1. The molecule has 2 N–H and O–H groups in total. The highest BCUT2D eigenvalue weighted by atomic mass is 127. The summed E-state index contributed by atoms with van der Waals surface area (Å²) in [6.45, 7) is 8.46. The third-order valence-corrected chi connectivity index (χ3v) is 5.03. The number of hydrogen-bond donors (Lipinski definition) is 2. The topological polar surface area (TPSA) is 70.4 Å². The molecule has 2 aromatic heterocycles. The number of pyridine rings is 1. The van der Waals surface area contributed by atoms with Gasteiger partial charge in [-0.1, -0.05) is 13.0 Å². The van der Waals surface area contributed by atoms with Crippen molar-refractivity contribution < 1.29 is 0 Å². The Kier molecular flexibility index (Phi) is 9.17. The van der Waals surface area contributed by atoms with Gasteiger partial charge in [0.1, 0.15) is 11.6 Å². The molecular formula is C20H32IN7. The van der Waals surface area contributed by atoms with E-state index in [1.807, 2.05) is 37.0 Å². The second-order valence-corrected chi connectivity index (χ2v) is 7.06. The molecule has 0 spiro atoms. The molecular weight excluding hydrogens is 465 g/mol. The fourth-order valence-electron chi connectivity index (χ4n) is 3.47. The molecule has 1 fully saturated rings. The van der Waals surface area contributed by atoms with Gasteiger partial charge in [0.05, 0.1) is 0 Å². The number of aliphatic imine (C=N–C) groups is 1. The minimum atomic E-state index is 0. The van der Waals surface area contributed by atoms with E-state index in [0.29, 0.717) is 12.6 Å². The van der Waals surface area contributed by atoms with Crippen molar-refractivity contribution in [3.8, 4) is 5.82 Å². The first-order chi connectivity index (χ1) is 13.2. The van der Waals surface area contributed by atoms with Gasteiger partial charge in [-0.3, -0.25) is 9.56 Å². The third-order valence-electron chi connectivity index (χ3n) is 5.03. The van der Waals surface area contributed by atoms with Crippen LogP contribution in [0.2, 0.25) is 0 Å². The zero-order chi connectivity index (χ0) is 19.1. The van der Waals surface area contributed by atoms with E-state index in [1.54, 1.807) is 6.20 Å². The lowest BCUT2D eigenvalue weighted by Crippen LogP contribution is -2.48. The van der Waals surface area contributed by atoms with Crippen LogP contribution in [0, 0.1) is 6.92 Å². The van der Waals surface area contributed by atoms with Crippen LogP contribution >= 0.6 is 24.0 Å². The van der Waals surface area contributed by atoms with Gasteiger partial charge in [-0.15, -0.1) is 24.0 Å². The fraction of sp³-hybridized carbons (Fsp3) is 0.550. The standard InChI is InChI=1S/C20H31N7.HI/c1-4-10-26-11-7-18(8-12-26)25-20(21-3)24-15-17-5-6-19(23-14-17)27-13-9-22-16(27)2;/h5-6,9,13-14,18H,4,7-8,10-12,15H2,1-3H3,(H2,21,24,25);1H. The number of rotatable bonds is 6. The Bertz CT molecular complexity index is 733. The molecule has 3 heterocycles. The SMILES string of the molecule is CCCN1CCC(NC(=NC)NCc2ccc(-n3ccnc3C)nc2)CC1.I. The molecule has 0 bridgehead atoms. The number of hydrogen-bond acceptors (Lipinski definition) is 4. The number of likely N-dealkylation sites (tertiary alicyclic amines) is 1. The number of piperidine rings is 1. The zero-order valence-corrected chi connectivity index (χ0v) is 19.4. The summed E-state index contributed by atoms with van der Waals surface area (Å²) in [7, 11) is 1.82. The molecule has 0 unspecified atom stereocenters. The largest absolute Gasteiger partial charge is 0.354 e. The summed E-state index contributed by atoms with van der Waals surface area (Å²) >= 11 is 0. The van der Waals surface area contributed by atoms with E-state index >= 15 is 0 Å². The Hall–Kier alpha value is -1.68. The lowest BCUT2D eigenvalue weighted by atomic mass is 10.1. The van der Waals surface area contributed by atoms with E-state index in [0.717, 1.165) is 23.2 Å². The lowest BCUT2D eigenvalue weighted by Gasteiger charge is -2.32. The Morgan fingerprint density at radius 1 is 1.25 bits per heavy atom. The van der Waals surface area contributed by atoms with Crippen molar-refractivity contribution in [2.45, 2.75) is 45.7 Å². The molecule has 0 aromatic carbocycles. The smallest absolute Gasteiger partial charge is 0.191 e. The maximum Gasteiger partial charge on any atom is 0.191 e. The maximum absolute atomic E-state index is 4.54. The predicted octanol–water partition coefficient (Wildman–Crippen LogP) is 2.73. The quantitative estimate of drug-likeness (QED) is 0.365. The number of nitrogens with zero attached hydrogens (tertiary/aromatic N) is 5. The third kappa shape index (κ3) is 6.16. The van der Waals surface area contributed by atoms with E-state index in [1.165, 1.54) is 38.9 Å². The van der Waals surface area contributed by atoms with Crippen LogP contribution in [-0.2, 0) is 6.54 Å². The molecule has 7 nitrogen and oxygen atoms in total. The van der Waals surface area contributed by atoms with Crippen molar-refractivity contribution in [2.75, 3.05) is 26.7 Å². The summed E-state index contributed by atoms with van der Waals surface area (Å²) in [6.07, 6.45) is 9.18. The molecule has 8 heteroatoms. The van der Waals surface area contributed by atoms with Crippen LogP contribution in [0.1, 0.15) is 37.6 Å². The normalized spacial score (nSPS) is 15.9. The maximum atomic E-state index is 4.54. The molecule has 0 amide bonds. The van der Waals surface area contributed by atoms with Crippen molar-refractivity contribution in [3.63, 3.8) is 0 Å². The molecule has 0 atom stereocenters. The molecule has 0 saturated carbocycles. The van der Waals surface area contributed by atoms with Crippen LogP contribution in [0.3, 0.4) is 0 Å². The van der Waals surface area contributed by atoms with Gasteiger partial charge in [-0.2, -0.15) is 0 Å². The molecule has 1 aliphatic rings. The summed E-state index contributed by atoms with van der Waals surface area (Å²) in [4.78, 5) is 15.7. The van der Waals surface area contributed by atoms with Gasteiger partial charge in [0, 0.05) is 51.3 Å². The summed E-state index contributed by atoms with van der Waals surface area (Å²) in [5, 5.41) is 6.96. The first-order valence-electron chi connectivity index (χ1n) is 9.84. The molecule has 0 aliphatic carbocycles. The second kappa shape index (κ2) is 11.4. The average molecular weight is 497 g/mol. The minimum Gasteiger partial charge on any atom is -0.354 e. The number of aromatic nitrogens is 3. The van der Waals surface area contributed by atoms with E-state index in [2.05, 4.69) is 43.5 Å². The highest BCUT2D eigenvalue weighted by Crippen LogP contribution is 2.11. The Morgan fingerprint density at radius 2 is 2.04 bits per heavy atom. The van der Waals surface area contributed by atoms with Crippen LogP contribution in [0.15, 0.2) is 35.7 Å². The minimum absolute atomic E-state index is 0. The van der Waals surface area contributed by atoms with Gasteiger partial charge in [-0.05, 0) is 44.4 Å². The van der Waals surface area contributed by atoms with Crippen molar-refractivity contribution in [1.82, 2.24) is 30.1 Å². The van der Waals surface area contributed by atoms with Gasteiger partial charge in [0.2, 0.25) is 0 Å². The number of nitrogens with one attached hydrogen (secondary N) is 2. The predicted molar refractivity (Wildman–Crippen MR) is 125 cm³/mol. The molecule has 3 rings (SSSR count). The van der Waals surface area contributed by atoms with Crippen molar-refractivity contribution >= 4 is 29.9 Å². The number of imidazole rings is 1. The average Bonchev–Trinajstić information content (AvgIpc) is 3.13. The Morgan fingerprint density at radius 3 is 2.61 bits per heavy atom. The molecule has 0 radical (unpaired) electrons. The Labute approximate surface area is 185 Å². The van der Waals surface area contributed by atoms with Crippen LogP contribution in [0.25, 0.3) is 5.82 Å². The molecule has 154 valence electrons. The van der Waals surface area contributed by atoms with Gasteiger partial charge in [0.25, 0.3) is 0 Å². The van der Waals surface area contributed by atoms with Gasteiger partial charge < -0.3 is 15.5 Å². The second-order valence-electron chi connectivity index (χ2n) is 7.06. The van der Waals surface area contributed by atoms with Crippen molar-refractivity contribution in [3.05, 3.63) is 42.1 Å². The first-order valence-corrected chi connectivity index (χ1v) is 9.84. The highest BCUT2D eigenvalue weighted by molar-refractivity contribution is 14.0. The van der Waals surface area contributed by atoms with E-state index in [4.69, 9.17) is 0 Å². The van der Waals surface area contributed by atoms with Crippen LogP contribution < -0.4 is 10.6 Å². The number of halogens is 1. The zero-order valence-electron chi connectivity index (χ0n) is 17.1.